The Morgan fingerprint density at radius 1 is 0.500 bits per heavy atom. The smallest absolute Gasteiger partial charge is 0.0616 e. The van der Waals surface area contributed by atoms with Crippen LogP contribution in [0.2, 0.25) is 0 Å². The van der Waals surface area contributed by atoms with Crippen LogP contribution in [0.15, 0.2) is 72.8 Å². The molecule has 9 nitrogen and oxygen atoms in total. The largest absolute Gasteiger partial charge is 0.388 e. The minimum absolute atomic E-state index is 0.481. The van der Waals surface area contributed by atoms with Gasteiger partial charge in [0.2, 0.25) is 0 Å². The van der Waals surface area contributed by atoms with Crippen molar-refractivity contribution in [3.8, 4) is 0 Å². The average molecular weight is 835 g/mol. The topological polar surface area (TPSA) is 105 Å². The number of rotatable bonds is 16. The van der Waals surface area contributed by atoms with Gasteiger partial charge in [0, 0.05) is 75.7 Å². The highest BCUT2D eigenvalue weighted by Crippen LogP contribution is 2.35. The Morgan fingerprint density at radius 2 is 0.817 bits per heavy atom. The molecule has 0 heterocycles. The van der Waals surface area contributed by atoms with E-state index in [-0.39, 0.29) is 0 Å². The van der Waals surface area contributed by atoms with Crippen molar-refractivity contribution >= 4 is 22.7 Å². The molecular formula is C51H94N8O. The molecule has 0 spiro atoms. The number of hydrogen-bond acceptors (Lipinski definition) is 9. The van der Waals surface area contributed by atoms with Gasteiger partial charge in [0.25, 0.3) is 0 Å². The summed E-state index contributed by atoms with van der Waals surface area (Å²) in [7, 11) is 17.6. The zero-order valence-corrected chi connectivity index (χ0v) is 40.8. The molecule has 2 saturated carbocycles. The van der Waals surface area contributed by atoms with Crippen LogP contribution in [0.25, 0.3) is 0 Å². The zero-order chi connectivity index (χ0) is 44.8. The van der Waals surface area contributed by atoms with E-state index >= 15 is 0 Å². The van der Waals surface area contributed by atoms with Gasteiger partial charge in [-0.2, -0.15) is 0 Å². The van der Waals surface area contributed by atoms with E-state index < -0.39 is 0 Å². The first-order valence-electron chi connectivity index (χ1n) is 23.3. The Hall–Kier alpha value is -3.34. The lowest BCUT2D eigenvalue weighted by atomic mass is 9.76. The number of ether oxygens (including phenoxy) is 1. The molecule has 1 unspecified atom stereocenters. The molecule has 2 fully saturated rings. The van der Waals surface area contributed by atoms with Crippen molar-refractivity contribution in [1.82, 2.24) is 21.3 Å². The van der Waals surface area contributed by atoms with E-state index in [4.69, 9.17) is 4.74 Å². The summed E-state index contributed by atoms with van der Waals surface area (Å²) in [4.78, 5) is 0. The van der Waals surface area contributed by atoms with Crippen molar-refractivity contribution in [3.63, 3.8) is 0 Å². The predicted octanol–water partition coefficient (Wildman–Crippen LogP) is 10.7. The highest BCUT2D eigenvalue weighted by Gasteiger charge is 2.26. The SMILES string of the molecule is CCCCC.CCOCC(C)NC.CNC.CNC1CCC(CC2CCC(NC)CC2)CC1.CNc1ccc(Cc2ccc(NC)cc2)cc1.CNc1ccc(NC)cc1. The minimum atomic E-state index is 0.481. The van der Waals surface area contributed by atoms with Gasteiger partial charge in [-0.25, -0.2) is 0 Å². The number of benzene rings is 3. The van der Waals surface area contributed by atoms with E-state index in [1.54, 1.807) is 0 Å². The predicted molar refractivity (Wildman–Crippen MR) is 270 cm³/mol. The average Bonchev–Trinajstić information content (AvgIpc) is 3.30. The molecule has 5 rings (SSSR count). The summed E-state index contributed by atoms with van der Waals surface area (Å²) < 4.78 is 5.12. The molecule has 0 saturated heterocycles. The molecule has 0 aromatic heterocycles. The van der Waals surface area contributed by atoms with Gasteiger partial charge in [-0.05, 0) is 185 Å². The van der Waals surface area contributed by atoms with Crippen molar-refractivity contribution in [2.75, 3.05) is 97.9 Å². The molecule has 0 amide bonds. The summed E-state index contributed by atoms with van der Waals surface area (Å²) in [6, 6.07) is 27.3. The third-order valence-electron chi connectivity index (χ3n) is 11.3. The molecule has 2 aliphatic rings. The van der Waals surface area contributed by atoms with Gasteiger partial charge in [-0.1, -0.05) is 57.4 Å². The summed E-state index contributed by atoms with van der Waals surface area (Å²) >= 11 is 0. The second-order valence-electron chi connectivity index (χ2n) is 16.1. The number of likely N-dealkylation sites (N-methyl/N-ethyl adjacent to an activating group) is 1. The van der Waals surface area contributed by atoms with Crippen LogP contribution in [0.3, 0.4) is 0 Å². The Morgan fingerprint density at radius 3 is 1.05 bits per heavy atom. The van der Waals surface area contributed by atoms with Crippen LogP contribution < -0.4 is 42.5 Å². The third kappa shape index (κ3) is 28.2. The fourth-order valence-corrected chi connectivity index (χ4v) is 7.19. The molecule has 0 aliphatic heterocycles. The summed E-state index contributed by atoms with van der Waals surface area (Å²) in [5, 5.41) is 25.0. The standard InChI is InChI=1S/C15H30N2.C15H18N2.C8H12N2.C6H15NO.C5H12.C2H7N/c2*1-16-14-7-3-12(4-8-14)11-13-5-9-15(17-2)10-6-13;1-9-7-3-5-8(10-2)6-4-7;1-4-8-5-6(2)7-3;1-3-5-4-2;1-3-2/h12-17H,3-11H2,1-2H3;3-10,16-17H,11H2,1-2H3;3-6,9-10H,1-2H3;6-7H,4-5H2,1-3H3;3-5H2,1-2H3;3H,1-2H3. The van der Waals surface area contributed by atoms with E-state index in [0.717, 1.165) is 66.3 Å². The molecule has 3 aromatic carbocycles. The molecule has 0 bridgehead atoms. The Labute approximate surface area is 370 Å². The van der Waals surface area contributed by atoms with Crippen LogP contribution in [0, 0.1) is 11.8 Å². The van der Waals surface area contributed by atoms with Crippen LogP contribution in [0.1, 0.15) is 116 Å². The van der Waals surface area contributed by atoms with E-state index in [1.807, 2.05) is 80.5 Å². The number of anilines is 4. The quantitative estimate of drug-likeness (QED) is 0.0716. The van der Waals surface area contributed by atoms with Gasteiger partial charge in [0.1, 0.15) is 0 Å². The molecule has 3 aromatic rings. The second-order valence-corrected chi connectivity index (χ2v) is 16.1. The summed E-state index contributed by atoms with van der Waals surface area (Å²) in [6.45, 7) is 10.1. The van der Waals surface area contributed by atoms with Crippen molar-refractivity contribution in [2.45, 2.75) is 129 Å². The second kappa shape index (κ2) is 38.6. The van der Waals surface area contributed by atoms with Gasteiger partial charge >= 0.3 is 0 Å². The Kier molecular flexibility index (Phi) is 36.4. The van der Waals surface area contributed by atoms with Crippen LogP contribution in [0.4, 0.5) is 22.7 Å². The highest BCUT2D eigenvalue weighted by molar-refractivity contribution is 5.53. The maximum Gasteiger partial charge on any atom is 0.0616 e. The monoisotopic (exact) mass is 835 g/mol. The molecule has 2 aliphatic carbocycles. The fourth-order valence-electron chi connectivity index (χ4n) is 7.19. The van der Waals surface area contributed by atoms with E-state index in [1.165, 1.54) is 88.2 Å². The van der Waals surface area contributed by atoms with Crippen molar-refractivity contribution in [2.24, 2.45) is 11.8 Å². The lowest BCUT2D eigenvalue weighted by Gasteiger charge is -2.34. The maximum atomic E-state index is 5.12. The first-order chi connectivity index (χ1) is 29.1. The fraction of sp³-hybridized carbons (Fsp3) is 0.647. The van der Waals surface area contributed by atoms with Crippen LogP contribution in [-0.4, -0.2) is 94.8 Å². The molecule has 8 N–H and O–H groups in total. The third-order valence-corrected chi connectivity index (χ3v) is 11.3. The molecule has 0 radical (unpaired) electrons. The Balaban J connectivity index is 0.000000755. The van der Waals surface area contributed by atoms with Crippen LogP contribution in [0.5, 0.6) is 0 Å². The van der Waals surface area contributed by atoms with E-state index in [0.29, 0.717) is 6.04 Å². The van der Waals surface area contributed by atoms with Crippen molar-refractivity contribution < 1.29 is 4.74 Å². The number of hydrogen-bond donors (Lipinski definition) is 8. The maximum absolute atomic E-state index is 5.12. The molecule has 344 valence electrons. The van der Waals surface area contributed by atoms with Gasteiger partial charge in [-0.15, -0.1) is 0 Å². The molecule has 60 heavy (non-hydrogen) atoms. The number of unbranched alkanes of at least 4 members (excludes halogenated alkanes) is 2. The summed E-state index contributed by atoms with van der Waals surface area (Å²) in [5.41, 5.74) is 7.25. The lowest BCUT2D eigenvalue weighted by Crippen LogP contribution is -2.33. The van der Waals surface area contributed by atoms with Crippen LogP contribution >= 0.6 is 0 Å². The van der Waals surface area contributed by atoms with Crippen molar-refractivity contribution in [1.29, 1.82) is 0 Å². The molecule has 9 heteroatoms. The van der Waals surface area contributed by atoms with E-state index in [2.05, 4.69) is 126 Å². The Bertz CT molecular complexity index is 1230. The van der Waals surface area contributed by atoms with Gasteiger partial charge in [0.15, 0.2) is 0 Å². The minimum Gasteiger partial charge on any atom is -0.388 e. The van der Waals surface area contributed by atoms with Crippen LogP contribution in [-0.2, 0) is 11.2 Å². The highest BCUT2D eigenvalue weighted by atomic mass is 16.5. The van der Waals surface area contributed by atoms with Gasteiger partial charge in [0.05, 0.1) is 6.61 Å². The van der Waals surface area contributed by atoms with E-state index in [9.17, 15) is 0 Å². The first-order valence-corrected chi connectivity index (χ1v) is 23.3. The molecular weight excluding hydrogens is 741 g/mol. The zero-order valence-electron chi connectivity index (χ0n) is 40.8. The van der Waals surface area contributed by atoms with Gasteiger partial charge < -0.3 is 47.3 Å². The number of nitrogens with one attached hydrogen (secondary N) is 8. The normalized spacial score (nSPS) is 18.3. The lowest BCUT2D eigenvalue weighted by molar-refractivity contribution is 0.129. The first kappa shape index (κ1) is 56.7. The molecule has 1 atom stereocenters. The summed E-state index contributed by atoms with van der Waals surface area (Å²) in [6.07, 6.45) is 18.1. The van der Waals surface area contributed by atoms with Crippen molar-refractivity contribution in [3.05, 3.63) is 83.9 Å². The van der Waals surface area contributed by atoms with Gasteiger partial charge in [-0.3, -0.25) is 0 Å². The summed E-state index contributed by atoms with van der Waals surface area (Å²) in [5.74, 6) is 2.08.